The average Bonchev–Trinajstić information content (AvgIpc) is 3.08. The van der Waals surface area contributed by atoms with Crippen LogP contribution in [0.5, 0.6) is 0 Å². The number of nitrogens with one attached hydrogen (secondary N) is 1. The molecule has 0 saturated heterocycles. The van der Waals surface area contributed by atoms with Gasteiger partial charge in [0.1, 0.15) is 11.6 Å². The van der Waals surface area contributed by atoms with Crippen molar-refractivity contribution in [3.05, 3.63) is 58.6 Å². The number of benzene rings is 2. The van der Waals surface area contributed by atoms with Crippen molar-refractivity contribution in [3.8, 4) is 11.4 Å². The molecule has 3 aromatic rings. The van der Waals surface area contributed by atoms with Crippen molar-refractivity contribution in [2.75, 3.05) is 4.72 Å². The molecule has 0 unspecified atom stereocenters. The lowest BCUT2D eigenvalue weighted by Crippen LogP contribution is -2.16. The van der Waals surface area contributed by atoms with E-state index in [1.165, 1.54) is 6.07 Å². The van der Waals surface area contributed by atoms with Crippen molar-refractivity contribution >= 4 is 27.3 Å². The highest BCUT2D eigenvalue weighted by molar-refractivity contribution is 7.92. The van der Waals surface area contributed by atoms with E-state index in [9.17, 15) is 12.8 Å². The van der Waals surface area contributed by atoms with Crippen LogP contribution in [0.3, 0.4) is 0 Å². The van der Waals surface area contributed by atoms with Crippen molar-refractivity contribution in [2.45, 2.75) is 57.3 Å². The number of halogens is 2. The fraction of sp³-hybridized carbons (Fsp3) is 0.391. The lowest BCUT2D eigenvalue weighted by molar-refractivity contribution is 0.587. The third-order valence-corrected chi connectivity index (χ3v) is 6.97. The molecule has 2 aromatic carbocycles. The van der Waals surface area contributed by atoms with E-state index in [4.69, 9.17) is 11.6 Å². The Bertz CT molecular complexity index is 1220. The minimum absolute atomic E-state index is 0.0457. The van der Waals surface area contributed by atoms with Crippen LogP contribution in [0.15, 0.2) is 41.3 Å². The molecular formula is C23H28ClFN4O2S. The van der Waals surface area contributed by atoms with Gasteiger partial charge in [-0.15, -0.1) is 10.2 Å². The highest BCUT2D eigenvalue weighted by atomic mass is 35.5. The average molecular weight is 479 g/mol. The van der Waals surface area contributed by atoms with Crippen LogP contribution in [-0.2, 0) is 28.9 Å². The fourth-order valence-corrected chi connectivity index (χ4v) is 4.54. The summed E-state index contributed by atoms with van der Waals surface area (Å²) < 4.78 is 44.7. The van der Waals surface area contributed by atoms with E-state index >= 15 is 0 Å². The van der Waals surface area contributed by atoms with Gasteiger partial charge in [-0.2, -0.15) is 0 Å². The predicted octanol–water partition coefficient (Wildman–Crippen LogP) is 5.72. The van der Waals surface area contributed by atoms with Gasteiger partial charge in [0.15, 0.2) is 5.82 Å². The molecule has 3 rings (SSSR count). The minimum Gasteiger partial charge on any atom is -0.314 e. The van der Waals surface area contributed by atoms with Gasteiger partial charge in [0, 0.05) is 25.1 Å². The van der Waals surface area contributed by atoms with Crippen molar-refractivity contribution < 1.29 is 12.8 Å². The Balaban J connectivity index is 2.02. The number of sulfonamides is 1. The molecule has 172 valence electrons. The van der Waals surface area contributed by atoms with E-state index in [0.29, 0.717) is 11.4 Å². The zero-order chi connectivity index (χ0) is 23.7. The third-order valence-electron chi connectivity index (χ3n) is 5.30. The van der Waals surface area contributed by atoms with Gasteiger partial charge in [-0.05, 0) is 35.6 Å². The molecule has 0 aliphatic rings. The Morgan fingerprint density at radius 3 is 2.38 bits per heavy atom. The molecule has 1 aromatic heterocycles. The number of hydrogen-bond acceptors (Lipinski definition) is 4. The summed E-state index contributed by atoms with van der Waals surface area (Å²) in [7, 11) is -2.18. The lowest BCUT2D eigenvalue weighted by atomic mass is 9.87. The first-order chi connectivity index (χ1) is 14.9. The molecule has 0 atom stereocenters. The number of aromatic nitrogens is 3. The number of rotatable bonds is 7. The van der Waals surface area contributed by atoms with Crippen LogP contribution in [0.2, 0.25) is 5.02 Å². The predicted molar refractivity (Wildman–Crippen MR) is 126 cm³/mol. The number of aryl methyl sites for hydroxylation is 1. The second kappa shape index (κ2) is 9.19. The molecule has 0 bridgehead atoms. The van der Waals surface area contributed by atoms with Gasteiger partial charge >= 0.3 is 0 Å². The van der Waals surface area contributed by atoms with Crippen LogP contribution in [-0.4, -0.2) is 23.2 Å². The molecule has 1 N–H and O–H groups in total. The highest BCUT2D eigenvalue weighted by Gasteiger charge is 2.22. The Morgan fingerprint density at radius 1 is 1.12 bits per heavy atom. The summed E-state index contributed by atoms with van der Waals surface area (Å²) in [5, 5.41) is 8.29. The molecule has 6 nitrogen and oxygen atoms in total. The highest BCUT2D eigenvalue weighted by Crippen LogP contribution is 2.34. The largest absolute Gasteiger partial charge is 0.314 e. The number of anilines is 1. The Labute approximate surface area is 193 Å². The first-order valence-electron chi connectivity index (χ1n) is 10.4. The number of nitrogens with zero attached hydrogens (tertiary/aromatic N) is 3. The topological polar surface area (TPSA) is 76.9 Å². The van der Waals surface area contributed by atoms with Crippen molar-refractivity contribution in [1.82, 2.24) is 14.8 Å². The number of hydrogen-bond donors (Lipinski definition) is 1. The summed E-state index contributed by atoms with van der Waals surface area (Å²) >= 11 is 6.02. The van der Waals surface area contributed by atoms with Gasteiger partial charge in [0.25, 0.3) is 10.0 Å². The number of unbranched alkanes of at least 4 members (excludes halogenated alkanes) is 1. The Morgan fingerprint density at radius 2 is 1.78 bits per heavy atom. The summed E-state index contributed by atoms with van der Waals surface area (Å²) in [4.78, 5) is 0.0772. The van der Waals surface area contributed by atoms with Gasteiger partial charge in [-0.3, -0.25) is 4.72 Å². The fourth-order valence-electron chi connectivity index (χ4n) is 3.30. The van der Waals surface area contributed by atoms with Gasteiger partial charge in [0.2, 0.25) is 0 Å². The summed E-state index contributed by atoms with van der Waals surface area (Å²) in [5.41, 5.74) is 1.30. The SMILES string of the molecule is CCCCc1nnc(-c2cc(Cl)c(F)cc2NS(=O)(=O)c2ccc(C(C)(C)C)cc2)n1C. The molecule has 0 fully saturated rings. The van der Waals surface area contributed by atoms with E-state index in [1.54, 1.807) is 35.9 Å². The molecule has 0 radical (unpaired) electrons. The van der Waals surface area contributed by atoms with Gasteiger partial charge in [-0.25, -0.2) is 12.8 Å². The smallest absolute Gasteiger partial charge is 0.261 e. The van der Waals surface area contributed by atoms with Crippen molar-refractivity contribution in [2.24, 2.45) is 7.05 Å². The summed E-state index contributed by atoms with van der Waals surface area (Å²) in [6.45, 7) is 8.23. The monoisotopic (exact) mass is 478 g/mol. The van der Waals surface area contributed by atoms with Crippen LogP contribution >= 0.6 is 11.6 Å². The normalized spacial score (nSPS) is 12.2. The van der Waals surface area contributed by atoms with Gasteiger partial charge in [-0.1, -0.05) is 57.8 Å². The van der Waals surface area contributed by atoms with Crippen LogP contribution in [0.1, 0.15) is 51.9 Å². The van der Waals surface area contributed by atoms with Crippen molar-refractivity contribution in [3.63, 3.8) is 0 Å². The van der Waals surface area contributed by atoms with E-state index in [2.05, 4.69) is 21.8 Å². The molecule has 32 heavy (non-hydrogen) atoms. The summed E-state index contributed by atoms with van der Waals surface area (Å²) in [5.74, 6) is 0.428. The molecule has 1 heterocycles. The molecule has 0 saturated carbocycles. The van der Waals surface area contributed by atoms with E-state index in [-0.39, 0.29) is 21.0 Å². The molecule has 0 spiro atoms. The van der Waals surface area contributed by atoms with Crippen LogP contribution in [0, 0.1) is 5.82 Å². The first kappa shape index (κ1) is 24.2. The summed E-state index contributed by atoms with van der Waals surface area (Å²) in [6.07, 6.45) is 2.68. The minimum atomic E-state index is -3.97. The Kier molecular flexibility index (Phi) is 6.95. The van der Waals surface area contributed by atoms with Crippen LogP contribution in [0.25, 0.3) is 11.4 Å². The maximum absolute atomic E-state index is 14.3. The van der Waals surface area contributed by atoms with E-state index in [1.807, 2.05) is 20.8 Å². The van der Waals surface area contributed by atoms with Crippen molar-refractivity contribution in [1.29, 1.82) is 0 Å². The van der Waals surface area contributed by atoms with Crippen LogP contribution in [0.4, 0.5) is 10.1 Å². The summed E-state index contributed by atoms with van der Waals surface area (Å²) in [6, 6.07) is 9.07. The van der Waals surface area contributed by atoms with Gasteiger partial charge < -0.3 is 4.57 Å². The zero-order valence-corrected chi connectivity index (χ0v) is 20.5. The standard InChI is InChI=1S/C23H28ClFN4O2S/c1-6-7-8-21-26-27-22(29(21)5)17-13-18(24)19(25)14-20(17)28-32(30,31)16-11-9-15(10-12-16)23(2,3)4/h9-14,28H,6-8H2,1-5H3. The first-order valence-corrected chi connectivity index (χ1v) is 12.3. The maximum atomic E-state index is 14.3. The zero-order valence-electron chi connectivity index (χ0n) is 18.9. The molecule has 0 amide bonds. The Hall–Kier alpha value is -2.45. The molecule has 9 heteroatoms. The second-order valence-electron chi connectivity index (χ2n) is 8.79. The maximum Gasteiger partial charge on any atom is 0.261 e. The lowest BCUT2D eigenvalue weighted by Gasteiger charge is -2.19. The molecule has 0 aliphatic heterocycles. The quantitative estimate of drug-likeness (QED) is 0.471. The molecule has 0 aliphatic carbocycles. The van der Waals surface area contributed by atoms with Gasteiger partial charge in [0.05, 0.1) is 15.6 Å². The third kappa shape index (κ3) is 5.13. The van der Waals surface area contributed by atoms with E-state index < -0.39 is 15.8 Å². The van der Waals surface area contributed by atoms with Crippen LogP contribution < -0.4 is 4.72 Å². The molecular weight excluding hydrogens is 451 g/mol. The second-order valence-corrected chi connectivity index (χ2v) is 10.9. The van der Waals surface area contributed by atoms with E-state index in [0.717, 1.165) is 36.7 Å².